The lowest BCUT2D eigenvalue weighted by molar-refractivity contribution is 0.126. The third-order valence-corrected chi connectivity index (χ3v) is 4.64. The molecule has 0 saturated carbocycles. The Balaban J connectivity index is 2.40. The van der Waals surface area contributed by atoms with Crippen molar-refractivity contribution in [2.45, 2.75) is 5.37 Å². The minimum Gasteiger partial charge on any atom is -0.396 e. The van der Waals surface area contributed by atoms with Crippen LogP contribution in [0.15, 0.2) is 15.8 Å². The number of aromatic amines is 1. The number of nitrogens with zero attached hydrogens (tertiary/aromatic N) is 1. The molecule has 0 bridgehead atoms. The van der Waals surface area contributed by atoms with Crippen LogP contribution < -0.4 is 11.2 Å². The van der Waals surface area contributed by atoms with E-state index in [1.54, 1.807) is 0 Å². The standard InChI is InChI=1S/C10H13FN2O4S/c11-7-1-13(10(17)12-8(7)16)9-6(3-15)5(2-14)4-18-9/h1,5-6,9,14-15H,2-4H2,(H,12,16,17)/t5-,6-,9+/m1/s1. The Morgan fingerprint density at radius 3 is 2.78 bits per heavy atom. The molecule has 2 heterocycles. The summed E-state index contributed by atoms with van der Waals surface area (Å²) in [6, 6.07) is 0. The van der Waals surface area contributed by atoms with Gasteiger partial charge in [-0.05, 0) is 5.92 Å². The third-order valence-electron chi connectivity index (χ3n) is 3.10. The summed E-state index contributed by atoms with van der Waals surface area (Å²) < 4.78 is 14.3. The fourth-order valence-corrected chi connectivity index (χ4v) is 3.74. The van der Waals surface area contributed by atoms with Gasteiger partial charge in [0.05, 0.1) is 11.6 Å². The molecule has 100 valence electrons. The molecule has 0 spiro atoms. The van der Waals surface area contributed by atoms with Gasteiger partial charge in [-0.1, -0.05) is 0 Å². The normalized spacial score (nSPS) is 27.6. The van der Waals surface area contributed by atoms with E-state index in [0.29, 0.717) is 5.75 Å². The van der Waals surface area contributed by atoms with Crippen LogP contribution in [0.2, 0.25) is 0 Å². The van der Waals surface area contributed by atoms with Crippen LogP contribution in [0, 0.1) is 17.7 Å². The average Bonchev–Trinajstić information content (AvgIpc) is 2.76. The predicted octanol–water partition coefficient (Wildman–Crippen LogP) is -0.862. The molecule has 1 aliphatic heterocycles. The fourth-order valence-electron chi connectivity index (χ4n) is 2.07. The van der Waals surface area contributed by atoms with Gasteiger partial charge in [-0.25, -0.2) is 4.79 Å². The highest BCUT2D eigenvalue weighted by molar-refractivity contribution is 7.99. The second-order valence-electron chi connectivity index (χ2n) is 4.16. The van der Waals surface area contributed by atoms with Crippen LogP contribution in [-0.2, 0) is 0 Å². The Bertz CT molecular complexity index is 543. The molecule has 18 heavy (non-hydrogen) atoms. The lowest BCUT2D eigenvalue weighted by atomic mass is 9.95. The molecule has 1 fully saturated rings. The van der Waals surface area contributed by atoms with Gasteiger partial charge in [-0.2, -0.15) is 4.39 Å². The molecule has 1 aromatic heterocycles. The summed E-state index contributed by atoms with van der Waals surface area (Å²) in [7, 11) is 0. The van der Waals surface area contributed by atoms with Gasteiger partial charge in [0.15, 0.2) is 0 Å². The Morgan fingerprint density at radius 1 is 1.44 bits per heavy atom. The maximum atomic E-state index is 13.2. The summed E-state index contributed by atoms with van der Waals surface area (Å²) in [5, 5.41) is 18.0. The summed E-state index contributed by atoms with van der Waals surface area (Å²) in [5.41, 5.74) is -1.77. The van der Waals surface area contributed by atoms with Crippen molar-refractivity contribution in [3.8, 4) is 0 Å². The van der Waals surface area contributed by atoms with Crippen molar-refractivity contribution in [1.82, 2.24) is 9.55 Å². The van der Waals surface area contributed by atoms with E-state index in [9.17, 15) is 19.1 Å². The van der Waals surface area contributed by atoms with Crippen molar-refractivity contribution in [1.29, 1.82) is 0 Å². The maximum absolute atomic E-state index is 13.2. The molecule has 8 heteroatoms. The number of aliphatic hydroxyl groups excluding tert-OH is 2. The van der Waals surface area contributed by atoms with Crippen LogP contribution in [0.1, 0.15) is 5.37 Å². The second kappa shape index (κ2) is 5.25. The summed E-state index contributed by atoms with van der Waals surface area (Å²) in [5.74, 6) is -0.964. The van der Waals surface area contributed by atoms with Crippen LogP contribution >= 0.6 is 11.8 Å². The fraction of sp³-hybridized carbons (Fsp3) is 0.600. The number of halogens is 1. The maximum Gasteiger partial charge on any atom is 0.329 e. The number of nitrogens with one attached hydrogen (secondary N) is 1. The van der Waals surface area contributed by atoms with E-state index in [1.807, 2.05) is 4.98 Å². The number of hydrogen-bond donors (Lipinski definition) is 3. The first kappa shape index (κ1) is 13.3. The average molecular weight is 276 g/mol. The number of aromatic nitrogens is 2. The van der Waals surface area contributed by atoms with E-state index in [4.69, 9.17) is 5.11 Å². The monoisotopic (exact) mass is 276 g/mol. The van der Waals surface area contributed by atoms with Gasteiger partial charge < -0.3 is 10.2 Å². The molecule has 3 atom stereocenters. The van der Waals surface area contributed by atoms with E-state index in [-0.39, 0.29) is 25.0 Å². The van der Waals surface area contributed by atoms with Crippen molar-refractivity contribution in [2.75, 3.05) is 19.0 Å². The van der Waals surface area contributed by atoms with Gasteiger partial charge >= 0.3 is 5.69 Å². The first-order chi connectivity index (χ1) is 8.58. The van der Waals surface area contributed by atoms with Gasteiger partial charge in [-0.3, -0.25) is 14.3 Å². The highest BCUT2D eigenvalue weighted by Gasteiger charge is 2.37. The molecule has 0 amide bonds. The van der Waals surface area contributed by atoms with Crippen LogP contribution in [0.3, 0.4) is 0 Å². The summed E-state index contributed by atoms with van der Waals surface area (Å²) in [4.78, 5) is 24.4. The highest BCUT2D eigenvalue weighted by Crippen LogP contribution is 2.43. The smallest absolute Gasteiger partial charge is 0.329 e. The molecule has 0 aromatic carbocycles. The SMILES string of the molecule is O=c1[nH]c(=O)n([C@H]2SC[C@@H](CO)[C@H]2CO)cc1F. The summed E-state index contributed by atoms with van der Waals surface area (Å²) in [6.07, 6.45) is 0.848. The van der Waals surface area contributed by atoms with E-state index < -0.39 is 22.4 Å². The number of hydrogen-bond acceptors (Lipinski definition) is 5. The number of rotatable bonds is 3. The number of aliphatic hydroxyl groups is 2. The van der Waals surface area contributed by atoms with Crippen molar-refractivity contribution >= 4 is 11.8 Å². The lowest BCUT2D eigenvalue weighted by Crippen LogP contribution is -2.36. The largest absolute Gasteiger partial charge is 0.396 e. The molecule has 2 rings (SSSR count). The first-order valence-corrected chi connectivity index (χ1v) is 6.47. The van der Waals surface area contributed by atoms with Gasteiger partial charge in [0, 0.05) is 24.9 Å². The van der Waals surface area contributed by atoms with Crippen LogP contribution in [0.5, 0.6) is 0 Å². The van der Waals surface area contributed by atoms with E-state index in [2.05, 4.69) is 0 Å². The molecule has 0 radical (unpaired) electrons. The molecule has 1 aromatic rings. The summed E-state index contributed by atoms with van der Waals surface area (Å²) >= 11 is 1.34. The van der Waals surface area contributed by atoms with Gasteiger partial charge in [0.25, 0.3) is 5.56 Å². The Labute approximate surface area is 105 Å². The van der Waals surface area contributed by atoms with Crippen molar-refractivity contribution in [3.63, 3.8) is 0 Å². The van der Waals surface area contributed by atoms with Crippen molar-refractivity contribution < 1.29 is 14.6 Å². The van der Waals surface area contributed by atoms with E-state index in [0.717, 1.165) is 10.8 Å². The zero-order chi connectivity index (χ0) is 13.3. The highest BCUT2D eigenvalue weighted by atomic mass is 32.2. The lowest BCUT2D eigenvalue weighted by Gasteiger charge is -2.21. The predicted molar refractivity (Wildman–Crippen MR) is 63.9 cm³/mol. The minimum absolute atomic E-state index is 0.102. The molecule has 3 N–H and O–H groups in total. The zero-order valence-corrected chi connectivity index (χ0v) is 10.2. The quantitative estimate of drug-likeness (QED) is 0.667. The van der Waals surface area contributed by atoms with E-state index in [1.165, 1.54) is 11.8 Å². The van der Waals surface area contributed by atoms with Crippen molar-refractivity contribution in [2.24, 2.45) is 11.8 Å². The van der Waals surface area contributed by atoms with E-state index >= 15 is 0 Å². The molecule has 0 unspecified atom stereocenters. The minimum atomic E-state index is -1.06. The van der Waals surface area contributed by atoms with Gasteiger partial charge in [0.2, 0.25) is 5.82 Å². The molecule has 6 nitrogen and oxygen atoms in total. The number of H-pyrrole nitrogens is 1. The Kier molecular flexibility index (Phi) is 3.88. The zero-order valence-electron chi connectivity index (χ0n) is 9.38. The molecular weight excluding hydrogens is 263 g/mol. The third kappa shape index (κ3) is 2.23. The number of thioether (sulfide) groups is 1. The van der Waals surface area contributed by atoms with Crippen LogP contribution in [0.4, 0.5) is 4.39 Å². The summed E-state index contributed by atoms with van der Waals surface area (Å²) in [6.45, 7) is -0.314. The van der Waals surface area contributed by atoms with Gasteiger partial charge in [0.1, 0.15) is 0 Å². The molecule has 1 aliphatic rings. The second-order valence-corrected chi connectivity index (χ2v) is 5.31. The molecule has 0 aliphatic carbocycles. The Hall–Kier alpha value is -1.12. The first-order valence-electron chi connectivity index (χ1n) is 5.42. The molecular formula is C10H13FN2O4S. The molecule has 1 saturated heterocycles. The van der Waals surface area contributed by atoms with Gasteiger partial charge in [-0.15, -0.1) is 11.8 Å². The Morgan fingerprint density at radius 2 is 2.17 bits per heavy atom. The van der Waals surface area contributed by atoms with Crippen molar-refractivity contribution in [3.05, 3.63) is 32.9 Å². The van der Waals surface area contributed by atoms with Crippen LogP contribution in [-0.4, -0.2) is 38.7 Å². The topological polar surface area (TPSA) is 95.3 Å². The van der Waals surface area contributed by atoms with Crippen LogP contribution in [0.25, 0.3) is 0 Å².